The lowest BCUT2D eigenvalue weighted by molar-refractivity contribution is -0.144. The number of hydrogen-bond donors (Lipinski definition) is 1. The monoisotopic (exact) mass is 281 g/mol. The largest absolute Gasteiger partial charge is 0.467 e. The van der Waals surface area contributed by atoms with Crippen LogP contribution in [0.2, 0.25) is 0 Å². The molecule has 5 heteroatoms. The lowest BCUT2D eigenvalue weighted by atomic mass is 9.98. The molecule has 0 saturated carbocycles. The molecule has 0 aliphatic rings. The summed E-state index contributed by atoms with van der Waals surface area (Å²) in [7, 11) is 1.26. The van der Waals surface area contributed by atoms with E-state index in [0.717, 1.165) is 5.56 Å². The second kappa shape index (κ2) is 7.03. The molecule has 2 unspecified atom stereocenters. The van der Waals surface area contributed by atoms with Crippen LogP contribution in [0.3, 0.4) is 0 Å². The van der Waals surface area contributed by atoms with E-state index >= 15 is 0 Å². The normalized spacial score (nSPS) is 13.4. The number of rotatable bonds is 5. The molecule has 0 radical (unpaired) electrons. The topological polar surface area (TPSA) is 55.4 Å². The number of nitrogens with one attached hydrogen (secondary N) is 1. The number of esters is 1. The SMILES string of the molecule is CCC(C)C(NC(=O)c1ccc(C)cc1F)C(=O)OC. The van der Waals surface area contributed by atoms with E-state index in [2.05, 4.69) is 10.1 Å². The molecule has 110 valence electrons. The zero-order valence-corrected chi connectivity index (χ0v) is 12.2. The lowest BCUT2D eigenvalue weighted by Crippen LogP contribution is -2.45. The molecule has 0 spiro atoms. The average Bonchev–Trinajstić information content (AvgIpc) is 2.42. The van der Waals surface area contributed by atoms with Crippen LogP contribution in [0.25, 0.3) is 0 Å². The second-order valence-electron chi connectivity index (χ2n) is 4.84. The van der Waals surface area contributed by atoms with E-state index < -0.39 is 23.7 Å². The Morgan fingerprint density at radius 1 is 1.40 bits per heavy atom. The van der Waals surface area contributed by atoms with Crippen LogP contribution >= 0.6 is 0 Å². The zero-order valence-electron chi connectivity index (χ0n) is 12.2. The molecule has 0 fully saturated rings. The van der Waals surface area contributed by atoms with Crippen molar-refractivity contribution in [1.29, 1.82) is 0 Å². The zero-order chi connectivity index (χ0) is 15.3. The van der Waals surface area contributed by atoms with Gasteiger partial charge in [-0.1, -0.05) is 26.3 Å². The molecule has 0 aromatic heterocycles. The van der Waals surface area contributed by atoms with Crippen LogP contribution in [0, 0.1) is 18.7 Å². The van der Waals surface area contributed by atoms with Gasteiger partial charge in [0.2, 0.25) is 0 Å². The van der Waals surface area contributed by atoms with E-state index in [1.165, 1.54) is 19.2 Å². The highest BCUT2D eigenvalue weighted by Gasteiger charge is 2.27. The first-order valence-corrected chi connectivity index (χ1v) is 6.55. The van der Waals surface area contributed by atoms with Gasteiger partial charge >= 0.3 is 5.97 Å². The van der Waals surface area contributed by atoms with Crippen molar-refractivity contribution in [3.63, 3.8) is 0 Å². The van der Waals surface area contributed by atoms with Gasteiger partial charge in [-0.15, -0.1) is 0 Å². The van der Waals surface area contributed by atoms with Crippen molar-refractivity contribution >= 4 is 11.9 Å². The maximum Gasteiger partial charge on any atom is 0.328 e. The minimum atomic E-state index is -0.779. The van der Waals surface area contributed by atoms with Crippen LogP contribution in [0.5, 0.6) is 0 Å². The molecule has 0 aliphatic heterocycles. The van der Waals surface area contributed by atoms with E-state index in [4.69, 9.17) is 0 Å². The van der Waals surface area contributed by atoms with Crippen molar-refractivity contribution in [3.8, 4) is 0 Å². The summed E-state index contributed by atoms with van der Waals surface area (Å²) in [5.74, 6) is -1.84. The minimum Gasteiger partial charge on any atom is -0.467 e. The standard InChI is InChI=1S/C15H20FNO3/c1-5-10(3)13(15(19)20-4)17-14(18)11-7-6-9(2)8-12(11)16/h6-8,10,13H,5H2,1-4H3,(H,17,18). The number of halogens is 1. The van der Waals surface area contributed by atoms with Gasteiger partial charge in [-0.25, -0.2) is 9.18 Å². The van der Waals surface area contributed by atoms with Crippen LogP contribution in [0.15, 0.2) is 18.2 Å². The van der Waals surface area contributed by atoms with Gasteiger partial charge < -0.3 is 10.1 Å². The predicted molar refractivity (Wildman–Crippen MR) is 73.9 cm³/mol. The molecule has 1 N–H and O–H groups in total. The van der Waals surface area contributed by atoms with Gasteiger partial charge in [0.1, 0.15) is 11.9 Å². The Kier molecular flexibility index (Phi) is 5.67. The van der Waals surface area contributed by atoms with Gasteiger partial charge in [0.25, 0.3) is 5.91 Å². The highest BCUT2D eigenvalue weighted by Crippen LogP contribution is 2.13. The van der Waals surface area contributed by atoms with Crippen LogP contribution in [-0.2, 0) is 9.53 Å². The highest BCUT2D eigenvalue weighted by molar-refractivity contribution is 5.97. The first-order chi connectivity index (χ1) is 9.40. The highest BCUT2D eigenvalue weighted by atomic mass is 19.1. The van der Waals surface area contributed by atoms with Crippen LogP contribution in [0.4, 0.5) is 4.39 Å². The third-order valence-electron chi connectivity index (χ3n) is 3.32. The van der Waals surface area contributed by atoms with Crippen LogP contribution in [-0.4, -0.2) is 25.0 Å². The van der Waals surface area contributed by atoms with Gasteiger partial charge in [-0.05, 0) is 30.5 Å². The molecule has 20 heavy (non-hydrogen) atoms. The second-order valence-corrected chi connectivity index (χ2v) is 4.84. The summed E-state index contributed by atoms with van der Waals surface area (Å²) in [5, 5.41) is 2.54. The number of benzene rings is 1. The Labute approximate surface area is 118 Å². The summed E-state index contributed by atoms with van der Waals surface area (Å²) in [6, 6.07) is 3.56. The molecule has 0 saturated heterocycles. The van der Waals surface area contributed by atoms with E-state index in [-0.39, 0.29) is 11.5 Å². The Hall–Kier alpha value is -1.91. The molecular formula is C15H20FNO3. The third-order valence-corrected chi connectivity index (χ3v) is 3.32. The number of aryl methyl sites for hydroxylation is 1. The molecule has 0 aliphatic carbocycles. The minimum absolute atomic E-state index is 0.0761. The quantitative estimate of drug-likeness (QED) is 0.843. The maximum atomic E-state index is 13.7. The molecule has 0 bridgehead atoms. The molecular weight excluding hydrogens is 261 g/mol. The number of amides is 1. The Morgan fingerprint density at radius 3 is 2.55 bits per heavy atom. The summed E-state index contributed by atoms with van der Waals surface area (Å²) in [4.78, 5) is 23.8. The van der Waals surface area contributed by atoms with Crippen LogP contribution in [0.1, 0.15) is 36.2 Å². The fourth-order valence-electron chi connectivity index (χ4n) is 1.82. The van der Waals surface area contributed by atoms with Crippen molar-refractivity contribution in [2.24, 2.45) is 5.92 Å². The fourth-order valence-corrected chi connectivity index (χ4v) is 1.82. The number of ether oxygens (including phenoxy) is 1. The maximum absolute atomic E-state index is 13.7. The van der Waals surface area contributed by atoms with E-state index in [1.54, 1.807) is 13.0 Å². The van der Waals surface area contributed by atoms with Crippen molar-refractivity contribution in [2.75, 3.05) is 7.11 Å². The molecule has 2 atom stereocenters. The van der Waals surface area contributed by atoms with Crippen molar-refractivity contribution in [3.05, 3.63) is 35.1 Å². The van der Waals surface area contributed by atoms with E-state index in [1.807, 2.05) is 13.8 Å². The first kappa shape index (κ1) is 16.1. The van der Waals surface area contributed by atoms with Gasteiger partial charge in [0, 0.05) is 0 Å². The van der Waals surface area contributed by atoms with Crippen molar-refractivity contribution < 1.29 is 18.7 Å². The molecule has 1 aromatic carbocycles. The summed E-state index contributed by atoms with van der Waals surface area (Å²) >= 11 is 0. The number of hydrogen-bond acceptors (Lipinski definition) is 3. The summed E-state index contributed by atoms with van der Waals surface area (Å²) in [5.41, 5.74) is 0.651. The van der Waals surface area contributed by atoms with Gasteiger partial charge in [-0.3, -0.25) is 4.79 Å². The molecule has 1 aromatic rings. The van der Waals surface area contributed by atoms with E-state index in [9.17, 15) is 14.0 Å². The first-order valence-electron chi connectivity index (χ1n) is 6.55. The van der Waals surface area contributed by atoms with Crippen molar-refractivity contribution in [1.82, 2.24) is 5.32 Å². The summed E-state index contributed by atoms with van der Waals surface area (Å²) in [6.45, 7) is 5.47. The fraction of sp³-hybridized carbons (Fsp3) is 0.467. The summed E-state index contributed by atoms with van der Waals surface area (Å²) < 4.78 is 18.4. The predicted octanol–water partition coefficient (Wildman–Crippen LogP) is 2.45. The third kappa shape index (κ3) is 3.79. The smallest absolute Gasteiger partial charge is 0.328 e. The Balaban J connectivity index is 2.93. The number of carbonyl (C=O) groups excluding carboxylic acids is 2. The Morgan fingerprint density at radius 2 is 2.05 bits per heavy atom. The van der Waals surface area contributed by atoms with E-state index in [0.29, 0.717) is 6.42 Å². The average molecular weight is 281 g/mol. The molecule has 0 heterocycles. The number of carbonyl (C=O) groups is 2. The summed E-state index contributed by atoms with van der Waals surface area (Å²) in [6.07, 6.45) is 0.691. The van der Waals surface area contributed by atoms with Gasteiger partial charge in [-0.2, -0.15) is 0 Å². The van der Waals surface area contributed by atoms with Crippen LogP contribution < -0.4 is 5.32 Å². The molecule has 1 amide bonds. The van der Waals surface area contributed by atoms with Crippen molar-refractivity contribution in [2.45, 2.75) is 33.2 Å². The number of methoxy groups -OCH3 is 1. The Bertz CT molecular complexity index is 502. The molecule has 4 nitrogen and oxygen atoms in total. The molecule has 1 rings (SSSR count). The van der Waals surface area contributed by atoms with Gasteiger partial charge in [0.05, 0.1) is 12.7 Å². The lowest BCUT2D eigenvalue weighted by Gasteiger charge is -2.22. The van der Waals surface area contributed by atoms with Gasteiger partial charge in [0.15, 0.2) is 0 Å².